The summed E-state index contributed by atoms with van der Waals surface area (Å²) in [5.74, 6) is -3.19. The lowest BCUT2D eigenvalue weighted by Gasteiger charge is -2.17. The molecule has 0 bridgehead atoms. The first-order chi connectivity index (χ1) is 9.36. The summed E-state index contributed by atoms with van der Waals surface area (Å²) in [6.07, 6.45) is 0.763. The fraction of sp³-hybridized carbons (Fsp3) is 0.385. The van der Waals surface area contributed by atoms with E-state index in [1.165, 1.54) is 7.05 Å². The molecule has 0 atom stereocenters. The van der Waals surface area contributed by atoms with Crippen molar-refractivity contribution in [2.75, 3.05) is 20.1 Å². The average Bonchev–Trinajstić information content (AvgIpc) is 2.34. The quantitative estimate of drug-likeness (QED) is 0.887. The number of likely N-dealkylation sites (N-methyl/N-ethyl adjacent to an activating group) is 1. The van der Waals surface area contributed by atoms with Gasteiger partial charge in [0.2, 0.25) is 5.91 Å². The monoisotopic (exact) mass is 348 g/mol. The minimum absolute atomic E-state index is 0.201. The van der Waals surface area contributed by atoms with Crippen LogP contribution in [0.25, 0.3) is 0 Å². The SMILES string of the molecule is CCCNC(=O)CN(C)C(=O)c1c(F)cc(Br)cc1F. The number of rotatable bonds is 5. The van der Waals surface area contributed by atoms with Gasteiger partial charge in [-0.3, -0.25) is 9.59 Å². The van der Waals surface area contributed by atoms with Crippen molar-refractivity contribution in [1.29, 1.82) is 0 Å². The maximum Gasteiger partial charge on any atom is 0.260 e. The summed E-state index contributed by atoms with van der Waals surface area (Å²) in [6, 6.07) is 2.00. The largest absolute Gasteiger partial charge is 0.355 e. The van der Waals surface area contributed by atoms with Gasteiger partial charge in [-0.25, -0.2) is 8.78 Å². The topological polar surface area (TPSA) is 49.4 Å². The minimum Gasteiger partial charge on any atom is -0.355 e. The fourth-order valence-corrected chi connectivity index (χ4v) is 1.95. The molecule has 1 aromatic carbocycles. The number of benzene rings is 1. The zero-order valence-electron chi connectivity index (χ0n) is 11.2. The third kappa shape index (κ3) is 4.26. The molecule has 1 aromatic rings. The second-order valence-corrected chi connectivity index (χ2v) is 5.17. The molecule has 2 amide bonds. The molecule has 0 spiro atoms. The first-order valence-corrected chi connectivity index (χ1v) is 6.82. The lowest BCUT2D eigenvalue weighted by Crippen LogP contribution is -2.39. The Labute approximate surface area is 124 Å². The molecule has 4 nitrogen and oxygen atoms in total. The van der Waals surface area contributed by atoms with Crippen LogP contribution in [0, 0.1) is 11.6 Å². The Balaban J connectivity index is 2.82. The van der Waals surface area contributed by atoms with Crippen molar-refractivity contribution in [1.82, 2.24) is 10.2 Å². The summed E-state index contributed by atoms with van der Waals surface area (Å²) in [7, 11) is 1.31. The van der Waals surface area contributed by atoms with Crippen LogP contribution in [0.5, 0.6) is 0 Å². The summed E-state index contributed by atoms with van der Waals surface area (Å²) < 4.78 is 27.5. The molecule has 7 heteroatoms. The summed E-state index contributed by atoms with van der Waals surface area (Å²) in [6.45, 7) is 2.12. The molecule has 0 unspecified atom stereocenters. The van der Waals surface area contributed by atoms with Gasteiger partial charge in [0, 0.05) is 18.1 Å². The normalized spacial score (nSPS) is 10.2. The zero-order chi connectivity index (χ0) is 15.3. The number of carbonyl (C=O) groups is 2. The molecule has 0 aliphatic rings. The molecular weight excluding hydrogens is 334 g/mol. The van der Waals surface area contributed by atoms with Crippen molar-refractivity contribution < 1.29 is 18.4 Å². The van der Waals surface area contributed by atoms with E-state index in [0.29, 0.717) is 6.54 Å². The standard InChI is InChI=1S/C13H15BrF2N2O2/c1-3-4-17-11(19)7-18(2)13(20)12-9(15)5-8(14)6-10(12)16/h5-6H,3-4,7H2,1-2H3,(H,17,19). The van der Waals surface area contributed by atoms with Crippen molar-refractivity contribution in [2.24, 2.45) is 0 Å². The Hall–Kier alpha value is -1.50. The Morgan fingerprint density at radius 3 is 2.35 bits per heavy atom. The van der Waals surface area contributed by atoms with Crippen molar-refractivity contribution in [3.05, 3.63) is 33.8 Å². The number of hydrogen-bond acceptors (Lipinski definition) is 2. The van der Waals surface area contributed by atoms with E-state index in [1.807, 2.05) is 6.92 Å². The number of nitrogens with one attached hydrogen (secondary N) is 1. The highest BCUT2D eigenvalue weighted by atomic mass is 79.9. The van der Waals surface area contributed by atoms with Gasteiger partial charge in [0.15, 0.2) is 0 Å². The maximum atomic E-state index is 13.6. The average molecular weight is 349 g/mol. The van der Waals surface area contributed by atoms with Gasteiger partial charge in [-0.15, -0.1) is 0 Å². The van der Waals surface area contributed by atoms with E-state index < -0.39 is 23.1 Å². The number of amides is 2. The van der Waals surface area contributed by atoms with Crippen molar-refractivity contribution >= 4 is 27.7 Å². The molecule has 110 valence electrons. The van der Waals surface area contributed by atoms with Crippen LogP contribution in [0.3, 0.4) is 0 Å². The fourth-order valence-electron chi connectivity index (χ4n) is 1.54. The third-order valence-electron chi connectivity index (χ3n) is 2.52. The Bertz CT molecular complexity index is 500. The van der Waals surface area contributed by atoms with Crippen LogP contribution in [0.4, 0.5) is 8.78 Å². The molecule has 0 heterocycles. The van der Waals surface area contributed by atoms with Gasteiger partial charge >= 0.3 is 0 Å². The first-order valence-electron chi connectivity index (χ1n) is 6.03. The first kappa shape index (κ1) is 16.6. The molecule has 0 aliphatic heterocycles. The minimum atomic E-state index is -0.970. The summed E-state index contributed by atoms with van der Waals surface area (Å²) in [5, 5.41) is 2.58. The summed E-state index contributed by atoms with van der Waals surface area (Å²) >= 11 is 2.93. The van der Waals surface area contributed by atoms with Crippen LogP contribution in [0.15, 0.2) is 16.6 Å². The zero-order valence-corrected chi connectivity index (χ0v) is 12.8. The van der Waals surface area contributed by atoms with E-state index in [0.717, 1.165) is 23.5 Å². The summed E-state index contributed by atoms with van der Waals surface area (Å²) in [4.78, 5) is 24.4. The van der Waals surface area contributed by atoms with Crippen LogP contribution < -0.4 is 5.32 Å². The van der Waals surface area contributed by atoms with Gasteiger partial charge < -0.3 is 10.2 Å². The molecule has 0 radical (unpaired) electrons. The number of hydrogen-bond donors (Lipinski definition) is 1. The number of carbonyl (C=O) groups excluding carboxylic acids is 2. The van der Waals surface area contributed by atoms with Gasteiger partial charge in [0.05, 0.1) is 6.54 Å². The molecule has 1 rings (SSSR count). The van der Waals surface area contributed by atoms with Crippen molar-refractivity contribution in [3.8, 4) is 0 Å². The Kier molecular flexibility index (Phi) is 6.06. The van der Waals surface area contributed by atoms with Crippen LogP contribution >= 0.6 is 15.9 Å². The Morgan fingerprint density at radius 1 is 1.30 bits per heavy atom. The highest BCUT2D eigenvalue weighted by Crippen LogP contribution is 2.20. The van der Waals surface area contributed by atoms with Gasteiger partial charge in [-0.05, 0) is 18.6 Å². The lowest BCUT2D eigenvalue weighted by atomic mass is 10.1. The van der Waals surface area contributed by atoms with Crippen molar-refractivity contribution in [2.45, 2.75) is 13.3 Å². The smallest absolute Gasteiger partial charge is 0.260 e. The molecule has 0 aromatic heterocycles. The van der Waals surface area contributed by atoms with E-state index in [2.05, 4.69) is 21.2 Å². The molecule has 0 aliphatic carbocycles. The van der Waals surface area contributed by atoms with Gasteiger partial charge in [-0.2, -0.15) is 0 Å². The van der Waals surface area contributed by atoms with E-state index in [4.69, 9.17) is 0 Å². The number of nitrogens with zero attached hydrogens (tertiary/aromatic N) is 1. The second-order valence-electron chi connectivity index (χ2n) is 4.26. The Morgan fingerprint density at radius 2 is 1.85 bits per heavy atom. The molecule has 0 saturated carbocycles. The van der Waals surface area contributed by atoms with E-state index in [-0.39, 0.29) is 16.9 Å². The molecule has 1 N–H and O–H groups in total. The second kappa shape index (κ2) is 7.33. The highest BCUT2D eigenvalue weighted by Gasteiger charge is 2.22. The molecule has 0 fully saturated rings. The predicted molar refractivity (Wildman–Crippen MR) is 74.3 cm³/mol. The summed E-state index contributed by atoms with van der Waals surface area (Å²) in [5.41, 5.74) is -0.668. The van der Waals surface area contributed by atoms with Gasteiger partial charge in [-0.1, -0.05) is 22.9 Å². The van der Waals surface area contributed by atoms with Crippen LogP contribution in [0.2, 0.25) is 0 Å². The van der Waals surface area contributed by atoms with E-state index in [1.54, 1.807) is 0 Å². The predicted octanol–water partition coefficient (Wildman–Crippen LogP) is 2.33. The lowest BCUT2D eigenvalue weighted by molar-refractivity contribution is -0.121. The van der Waals surface area contributed by atoms with Crippen LogP contribution in [-0.2, 0) is 4.79 Å². The van der Waals surface area contributed by atoms with Crippen molar-refractivity contribution in [3.63, 3.8) is 0 Å². The van der Waals surface area contributed by atoms with E-state index in [9.17, 15) is 18.4 Å². The number of halogens is 3. The molecule has 20 heavy (non-hydrogen) atoms. The van der Waals surface area contributed by atoms with Gasteiger partial charge in [0.25, 0.3) is 5.91 Å². The molecule has 0 saturated heterocycles. The third-order valence-corrected chi connectivity index (χ3v) is 2.98. The maximum absolute atomic E-state index is 13.6. The van der Waals surface area contributed by atoms with Crippen LogP contribution in [0.1, 0.15) is 23.7 Å². The van der Waals surface area contributed by atoms with Gasteiger partial charge in [0.1, 0.15) is 17.2 Å². The van der Waals surface area contributed by atoms with Crippen LogP contribution in [-0.4, -0.2) is 36.9 Å². The molecular formula is C13H15BrF2N2O2. The van der Waals surface area contributed by atoms with E-state index >= 15 is 0 Å². The highest BCUT2D eigenvalue weighted by molar-refractivity contribution is 9.10.